The molecule has 0 spiro atoms. The molecule has 0 saturated carbocycles. The quantitative estimate of drug-likeness (QED) is 0.421. The number of alkyl halides is 3. The molecule has 1 atom stereocenters. The molecule has 1 fully saturated rings. The largest absolute Gasteiger partial charge is 0.481 e. The fourth-order valence-electron chi connectivity index (χ4n) is 3.57. The van der Waals surface area contributed by atoms with Crippen LogP contribution in [0.2, 0.25) is 0 Å². The minimum Gasteiger partial charge on any atom is -0.481 e. The number of ketones is 1. The third kappa shape index (κ3) is 7.31. The number of allylic oxidation sites excluding steroid dienone is 1. The first-order valence-corrected chi connectivity index (χ1v) is 10.1. The Morgan fingerprint density at radius 2 is 1.83 bits per heavy atom. The monoisotopic (exact) mass is 425 g/mol. The van der Waals surface area contributed by atoms with Crippen LogP contribution < -0.4 is 0 Å². The molecule has 1 aromatic carbocycles. The molecule has 8 heteroatoms. The number of halogens is 3. The van der Waals surface area contributed by atoms with Crippen LogP contribution in [-0.4, -0.2) is 40.3 Å². The fraction of sp³-hybridized carbons (Fsp3) is 0.500. The number of unbranched alkanes of at least 4 members (excludes halogenated alkanes) is 3. The lowest BCUT2D eigenvalue weighted by Crippen LogP contribution is -2.32. The van der Waals surface area contributed by atoms with Crippen LogP contribution in [0.3, 0.4) is 0 Å². The van der Waals surface area contributed by atoms with Gasteiger partial charge in [0, 0.05) is 25.8 Å². The molecule has 1 heterocycles. The first-order chi connectivity index (χ1) is 14.2. The Hall–Kier alpha value is -2.64. The van der Waals surface area contributed by atoms with Crippen molar-refractivity contribution in [2.75, 3.05) is 6.54 Å². The second-order valence-electron chi connectivity index (χ2n) is 7.41. The fourth-order valence-corrected chi connectivity index (χ4v) is 3.57. The molecule has 30 heavy (non-hydrogen) atoms. The number of aliphatic carboxylic acids is 1. The standard InChI is InChI=1S/C22H26F3NO4/c23-22(24,25)19-8-5-4-7-16(19)15-18(27)12-10-17-11-13-20(28)26(17)14-6-2-1-3-9-21(29)30/h4-5,7-8,10,12,17H,1-3,6,9,11,13-15H2,(H,29,30)/b12-10+/t17-/m1/s1. The van der Waals surface area contributed by atoms with Crippen molar-refractivity contribution in [2.45, 2.75) is 63.6 Å². The van der Waals surface area contributed by atoms with Crippen LogP contribution in [-0.2, 0) is 27.0 Å². The van der Waals surface area contributed by atoms with Gasteiger partial charge in [-0.25, -0.2) is 0 Å². The van der Waals surface area contributed by atoms with Crippen molar-refractivity contribution < 1.29 is 32.7 Å². The molecule has 1 amide bonds. The minimum absolute atomic E-state index is 0.00921. The highest BCUT2D eigenvalue weighted by molar-refractivity contribution is 5.92. The van der Waals surface area contributed by atoms with Crippen molar-refractivity contribution in [1.29, 1.82) is 0 Å². The maximum Gasteiger partial charge on any atom is 0.416 e. The lowest BCUT2D eigenvalue weighted by molar-refractivity contribution is -0.138. The van der Waals surface area contributed by atoms with Crippen molar-refractivity contribution in [1.82, 2.24) is 4.90 Å². The van der Waals surface area contributed by atoms with Crippen molar-refractivity contribution in [3.8, 4) is 0 Å². The predicted octanol–water partition coefficient (Wildman–Crippen LogP) is 4.40. The Kier molecular flexibility index (Phi) is 8.62. The van der Waals surface area contributed by atoms with E-state index in [1.54, 1.807) is 11.0 Å². The van der Waals surface area contributed by atoms with Crippen LogP contribution in [0.1, 0.15) is 56.1 Å². The highest BCUT2D eigenvalue weighted by Gasteiger charge is 2.33. The maximum atomic E-state index is 13.1. The Morgan fingerprint density at radius 3 is 2.53 bits per heavy atom. The first kappa shape index (κ1) is 23.6. The zero-order valence-corrected chi connectivity index (χ0v) is 16.7. The molecule has 2 rings (SSSR count). The Labute approximate surface area is 173 Å². The van der Waals surface area contributed by atoms with Crippen molar-refractivity contribution in [2.24, 2.45) is 0 Å². The summed E-state index contributed by atoms with van der Waals surface area (Å²) in [6.45, 7) is 0.520. The summed E-state index contributed by atoms with van der Waals surface area (Å²) in [5.41, 5.74) is -0.882. The Morgan fingerprint density at radius 1 is 1.13 bits per heavy atom. The van der Waals surface area contributed by atoms with Gasteiger partial charge in [0.05, 0.1) is 11.6 Å². The van der Waals surface area contributed by atoms with E-state index >= 15 is 0 Å². The maximum absolute atomic E-state index is 13.1. The van der Waals surface area contributed by atoms with E-state index in [0.717, 1.165) is 25.3 Å². The number of carboxylic acids is 1. The van der Waals surface area contributed by atoms with E-state index in [-0.39, 0.29) is 30.4 Å². The Balaban J connectivity index is 1.87. The van der Waals surface area contributed by atoms with Crippen molar-refractivity contribution >= 4 is 17.7 Å². The number of nitrogens with zero attached hydrogens (tertiary/aromatic N) is 1. The van der Waals surface area contributed by atoms with Crippen LogP contribution in [0.5, 0.6) is 0 Å². The summed E-state index contributed by atoms with van der Waals surface area (Å²) in [5.74, 6) is -1.28. The zero-order valence-electron chi connectivity index (χ0n) is 16.7. The van der Waals surface area contributed by atoms with Gasteiger partial charge in [-0.2, -0.15) is 13.2 Å². The predicted molar refractivity (Wildman–Crippen MR) is 105 cm³/mol. The van der Waals surface area contributed by atoms with E-state index in [4.69, 9.17) is 5.11 Å². The van der Waals surface area contributed by atoms with E-state index in [1.165, 1.54) is 24.3 Å². The number of hydrogen-bond acceptors (Lipinski definition) is 3. The molecule has 1 N–H and O–H groups in total. The molecule has 1 saturated heterocycles. The van der Waals surface area contributed by atoms with Gasteiger partial charge in [-0.3, -0.25) is 14.4 Å². The van der Waals surface area contributed by atoms with Crippen LogP contribution in [0.25, 0.3) is 0 Å². The summed E-state index contributed by atoms with van der Waals surface area (Å²) in [5, 5.41) is 8.62. The minimum atomic E-state index is -4.51. The van der Waals surface area contributed by atoms with Gasteiger partial charge in [0.2, 0.25) is 5.91 Å². The smallest absolute Gasteiger partial charge is 0.416 e. The van der Waals surface area contributed by atoms with Crippen molar-refractivity contribution in [3.05, 3.63) is 47.5 Å². The summed E-state index contributed by atoms with van der Waals surface area (Å²) in [4.78, 5) is 36.5. The highest BCUT2D eigenvalue weighted by atomic mass is 19.4. The molecule has 0 aliphatic carbocycles. The Bertz CT molecular complexity index is 789. The van der Waals surface area contributed by atoms with Gasteiger partial charge in [0.25, 0.3) is 0 Å². The van der Waals surface area contributed by atoms with Gasteiger partial charge in [-0.05, 0) is 37.0 Å². The molecular weight excluding hydrogens is 399 g/mol. The van der Waals surface area contributed by atoms with Gasteiger partial charge < -0.3 is 10.0 Å². The molecular formula is C22H26F3NO4. The van der Waals surface area contributed by atoms with Crippen LogP contribution in [0.4, 0.5) is 13.2 Å². The number of rotatable bonds is 11. The summed E-state index contributed by atoms with van der Waals surface area (Å²) in [6.07, 6.45) is 2.00. The number of carbonyl (C=O) groups is 3. The summed E-state index contributed by atoms with van der Waals surface area (Å²) >= 11 is 0. The SMILES string of the molecule is O=C(O)CCCCCCN1C(=O)CC[C@H]1/C=C/C(=O)Cc1ccccc1C(F)(F)F. The zero-order chi connectivity index (χ0) is 22.1. The lowest BCUT2D eigenvalue weighted by atomic mass is 10.0. The normalized spacial score (nSPS) is 17.1. The van der Waals surface area contributed by atoms with Gasteiger partial charge in [0.1, 0.15) is 0 Å². The number of hydrogen-bond donors (Lipinski definition) is 1. The lowest BCUT2D eigenvalue weighted by Gasteiger charge is -2.22. The summed E-state index contributed by atoms with van der Waals surface area (Å²) in [6, 6.07) is 4.77. The van der Waals surface area contributed by atoms with Gasteiger partial charge in [-0.1, -0.05) is 37.1 Å². The second-order valence-corrected chi connectivity index (χ2v) is 7.41. The van der Waals surface area contributed by atoms with Gasteiger partial charge >= 0.3 is 12.1 Å². The molecule has 1 aliphatic rings. The topological polar surface area (TPSA) is 74.7 Å². The molecule has 5 nitrogen and oxygen atoms in total. The molecule has 1 aromatic rings. The average Bonchev–Trinajstić information content (AvgIpc) is 3.02. The van der Waals surface area contributed by atoms with Crippen LogP contribution in [0.15, 0.2) is 36.4 Å². The summed E-state index contributed by atoms with van der Waals surface area (Å²) < 4.78 is 39.2. The van der Waals surface area contributed by atoms with Crippen molar-refractivity contribution in [3.63, 3.8) is 0 Å². The molecule has 164 valence electrons. The molecule has 0 radical (unpaired) electrons. The molecule has 0 aromatic heterocycles. The third-order valence-corrected chi connectivity index (χ3v) is 5.11. The molecule has 0 unspecified atom stereocenters. The molecule has 0 bridgehead atoms. The second kappa shape index (κ2) is 10.9. The van der Waals surface area contributed by atoms with E-state index < -0.39 is 23.5 Å². The average molecular weight is 425 g/mol. The van der Waals surface area contributed by atoms with Crippen LogP contribution in [0, 0.1) is 0 Å². The number of likely N-dealkylation sites (tertiary alicyclic amines) is 1. The van der Waals surface area contributed by atoms with Gasteiger partial charge in [0.15, 0.2) is 5.78 Å². The number of carboxylic acid groups (broad SMARTS) is 1. The number of carbonyl (C=O) groups excluding carboxylic acids is 2. The van der Waals surface area contributed by atoms with E-state index in [0.29, 0.717) is 25.8 Å². The van der Waals surface area contributed by atoms with E-state index in [2.05, 4.69) is 0 Å². The number of amides is 1. The van der Waals surface area contributed by atoms with Crippen LogP contribution >= 0.6 is 0 Å². The highest BCUT2D eigenvalue weighted by Crippen LogP contribution is 2.32. The first-order valence-electron chi connectivity index (χ1n) is 10.1. The van der Waals surface area contributed by atoms with Gasteiger partial charge in [-0.15, -0.1) is 0 Å². The third-order valence-electron chi connectivity index (χ3n) is 5.11. The molecule has 1 aliphatic heterocycles. The van der Waals surface area contributed by atoms with E-state index in [1.807, 2.05) is 0 Å². The van der Waals surface area contributed by atoms with E-state index in [9.17, 15) is 27.6 Å². The number of benzene rings is 1. The summed E-state index contributed by atoms with van der Waals surface area (Å²) in [7, 11) is 0.